The van der Waals surface area contributed by atoms with E-state index in [2.05, 4.69) is 0 Å². The van der Waals surface area contributed by atoms with E-state index in [0.29, 0.717) is 5.76 Å². The first-order valence-corrected chi connectivity index (χ1v) is 4.44. The van der Waals surface area contributed by atoms with Gasteiger partial charge in [0, 0.05) is 6.42 Å². The van der Waals surface area contributed by atoms with Crippen molar-refractivity contribution in [1.29, 1.82) is 0 Å². The van der Waals surface area contributed by atoms with Crippen LogP contribution in [0.15, 0.2) is 16.5 Å². The third-order valence-corrected chi connectivity index (χ3v) is 1.94. The molecule has 86 valence electrons. The molecule has 0 aromatic carbocycles. The maximum absolute atomic E-state index is 11.9. The highest BCUT2D eigenvalue weighted by molar-refractivity contribution is 5.09. The Bertz CT molecular complexity index is 309. The Hall–Kier alpha value is -1.01. The lowest BCUT2D eigenvalue weighted by molar-refractivity contribution is -0.136. The summed E-state index contributed by atoms with van der Waals surface area (Å²) in [5, 5.41) is 8.68. The highest BCUT2D eigenvalue weighted by Gasteiger charge is 2.28. The summed E-state index contributed by atoms with van der Waals surface area (Å²) in [6, 6.07) is 2.18. The first-order valence-electron chi connectivity index (χ1n) is 4.44. The van der Waals surface area contributed by atoms with Crippen LogP contribution in [0.3, 0.4) is 0 Å². The van der Waals surface area contributed by atoms with E-state index in [-0.39, 0.29) is 18.8 Å². The minimum absolute atomic E-state index is 0.220. The van der Waals surface area contributed by atoms with Crippen LogP contribution in [0.25, 0.3) is 0 Å². The molecular weight excluding hydrogens is 211 g/mol. The molecule has 0 aliphatic carbocycles. The van der Waals surface area contributed by atoms with Crippen molar-refractivity contribution in [3.8, 4) is 0 Å². The molecule has 0 saturated heterocycles. The lowest BCUT2D eigenvalue weighted by atomic mass is 10.1. The first-order chi connectivity index (χ1) is 6.92. The van der Waals surface area contributed by atoms with Gasteiger partial charge < -0.3 is 15.3 Å². The molecule has 3 N–H and O–H groups in total. The van der Waals surface area contributed by atoms with Gasteiger partial charge >= 0.3 is 6.18 Å². The Morgan fingerprint density at radius 1 is 1.40 bits per heavy atom. The smallest absolute Gasteiger partial charge is 0.389 e. The number of rotatable bonds is 4. The zero-order chi connectivity index (χ0) is 11.5. The van der Waals surface area contributed by atoms with Gasteiger partial charge in [-0.3, -0.25) is 0 Å². The molecule has 0 radical (unpaired) electrons. The van der Waals surface area contributed by atoms with Crippen molar-refractivity contribution in [3.63, 3.8) is 0 Å². The van der Waals surface area contributed by atoms with Crippen molar-refractivity contribution < 1.29 is 22.7 Å². The number of furan rings is 1. The highest BCUT2D eigenvalue weighted by Crippen LogP contribution is 2.27. The molecule has 0 amide bonds. The van der Waals surface area contributed by atoms with Crippen LogP contribution in [0.4, 0.5) is 13.2 Å². The van der Waals surface area contributed by atoms with Crippen molar-refractivity contribution in [2.24, 2.45) is 5.73 Å². The van der Waals surface area contributed by atoms with Crippen LogP contribution in [0.5, 0.6) is 0 Å². The number of aliphatic hydroxyl groups excluding tert-OH is 1. The van der Waals surface area contributed by atoms with Gasteiger partial charge in [0.25, 0.3) is 0 Å². The lowest BCUT2D eigenvalue weighted by Gasteiger charge is -2.10. The Morgan fingerprint density at radius 2 is 2.07 bits per heavy atom. The van der Waals surface area contributed by atoms with E-state index >= 15 is 0 Å². The standard InChI is InChI=1S/C9H12F3NO2/c10-9(11,12)4-3-7(13)8-2-1-6(5-14)15-8/h1-2,7,14H,3-5,13H2/t7-/m0/s1. The van der Waals surface area contributed by atoms with Gasteiger partial charge in [-0.2, -0.15) is 13.2 Å². The van der Waals surface area contributed by atoms with Crippen molar-refractivity contribution >= 4 is 0 Å². The molecule has 1 aromatic heterocycles. The molecule has 0 spiro atoms. The zero-order valence-electron chi connectivity index (χ0n) is 7.92. The molecule has 0 unspecified atom stereocenters. The number of hydrogen-bond acceptors (Lipinski definition) is 3. The summed E-state index contributed by atoms with van der Waals surface area (Å²) in [4.78, 5) is 0. The predicted octanol–water partition coefficient (Wildman–Crippen LogP) is 2.11. The topological polar surface area (TPSA) is 59.4 Å². The number of hydrogen-bond donors (Lipinski definition) is 2. The van der Waals surface area contributed by atoms with E-state index in [0.717, 1.165) is 0 Å². The normalized spacial score (nSPS) is 14.2. The Labute approximate surface area is 84.7 Å². The highest BCUT2D eigenvalue weighted by atomic mass is 19.4. The molecule has 0 aliphatic heterocycles. The minimum atomic E-state index is -4.20. The first kappa shape index (κ1) is 12.1. The molecular formula is C9H12F3NO2. The van der Waals surface area contributed by atoms with Gasteiger partial charge in [0.2, 0.25) is 0 Å². The average molecular weight is 223 g/mol. The average Bonchev–Trinajstić information content (AvgIpc) is 2.61. The quantitative estimate of drug-likeness (QED) is 0.821. The molecule has 15 heavy (non-hydrogen) atoms. The fourth-order valence-corrected chi connectivity index (χ4v) is 1.14. The second-order valence-electron chi connectivity index (χ2n) is 3.22. The largest absolute Gasteiger partial charge is 0.462 e. The summed E-state index contributed by atoms with van der Waals surface area (Å²) >= 11 is 0. The molecule has 0 bridgehead atoms. The van der Waals surface area contributed by atoms with Gasteiger partial charge in [0.15, 0.2) is 0 Å². The van der Waals surface area contributed by atoms with Crippen LogP contribution >= 0.6 is 0 Å². The molecule has 0 fully saturated rings. The van der Waals surface area contributed by atoms with E-state index in [1.54, 1.807) is 0 Å². The maximum Gasteiger partial charge on any atom is 0.389 e. The SMILES string of the molecule is N[C@@H](CCC(F)(F)F)c1ccc(CO)o1. The summed E-state index contributed by atoms with van der Waals surface area (Å²) in [5.41, 5.74) is 5.49. The van der Waals surface area contributed by atoms with E-state index in [1.807, 2.05) is 0 Å². The maximum atomic E-state index is 11.9. The number of nitrogens with two attached hydrogens (primary N) is 1. The van der Waals surface area contributed by atoms with Crippen molar-refractivity contribution in [3.05, 3.63) is 23.7 Å². The van der Waals surface area contributed by atoms with Crippen molar-refractivity contribution in [1.82, 2.24) is 0 Å². The van der Waals surface area contributed by atoms with Crippen LogP contribution < -0.4 is 5.73 Å². The molecule has 1 atom stereocenters. The van der Waals surface area contributed by atoms with E-state index < -0.39 is 18.6 Å². The minimum Gasteiger partial charge on any atom is -0.462 e. The molecule has 1 aromatic rings. The van der Waals surface area contributed by atoms with Gasteiger partial charge in [0.05, 0.1) is 6.04 Å². The van der Waals surface area contributed by atoms with Gasteiger partial charge in [-0.25, -0.2) is 0 Å². The van der Waals surface area contributed by atoms with Crippen LogP contribution in [0.2, 0.25) is 0 Å². The third kappa shape index (κ3) is 3.93. The third-order valence-electron chi connectivity index (χ3n) is 1.94. The fraction of sp³-hybridized carbons (Fsp3) is 0.556. The summed E-state index contributed by atoms with van der Waals surface area (Å²) in [6.07, 6.45) is -5.37. The van der Waals surface area contributed by atoms with Crippen LogP contribution in [-0.2, 0) is 6.61 Å². The molecule has 3 nitrogen and oxygen atoms in total. The second kappa shape index (κ2) is 4.67. The van der Waals surface area contributed by atoms with Crippen LogP contribution in [0, 0.1) is 0 Å². The predicted molar refractivity (Wildman–Crippen MR) is 46.8 cm³/mol. The number of alkyl halides is 3. The molecule has 0 aliphatic rings. The van der Waals surface area contributed by atoms with Gasteiger partial charge in [0.1, 0.15) is 18.1 Å². The Morgan fingerprint density at radius 3 is 2.53 bits per heavy atom. The van der Waals surface area contributed by atoms with Crippen LogP contribution in [-0.4, -0.2) is 11.3 Å². The van der Waals surface area contributed by atoms with E-state index in [4.69, 9.17) is 15.3 Å². The summed E-state index contributed by atoms with van der Waals surface area (Å²) in [7, 11) is 0. The Balaban J connectivity index is 2.50. The number of halogens is 3. The van der Waals surface area contributed by atoms with E-state index in [1.165, 1.54) is 12.1 Å². The Kier molecular flexibility index (Phi) is 3.76. The van der Waals surface area contributed by atoms with Gasteiger partial charge in [-0.1, -0.05) is 0 Å². The monoisotopic (exact) mass is 223 g/mol. The van der Waals surface area contributed by atoms with Crippen LogP contribution in [0.1, 0.15) is 30.4 Å². The molecule has 0 saturated carbocycles. The summed E-state index contributed by atoms with van der Waals surface area (Å²) in [5.74, 6) is 0.566. The lowest BCUT2D eigenvalue weighted by Crippen LogP contribution is -2.15. The molecule has 6 heteroatoms. The fourth-order valence-electron chi connectivity index (χ4n) is 1.14. The van der Waals surface area contributed by atoms with Crippen molar-refractivity contribution in [2.75, 3.05) is 0 Å². The second-order valence-corrected chi connectivity index (χ2v) is 3.22. The number of aliphatic hydroxyl groups is 1. The molecule has 1 rings (SSSR count). The summed E-state index contributed by atoms with van der Waals surface area (Å²) in [6.45, 7) is -0.286. The van der Waals surface area contributed by atoms with Gasteiger partial charge in [-0.15, -0.1) is 0 Å². The van der Waals surface area contributed by atoms with Gasteiger partial charge in [-0.05, 0) is 18.6 Å². The van der Waals surface area contributed by atoms with E-state index in [9.17, 15) is 13.2 Å². The van der Waals surface area contributed by atoms with Crippen molar-refractivity contribution in [2.45, 2.75) is 31.7 Å². The molecule has 1 heterocycles. The zero-order valence-corrected chi connectivity index (χ0v) is 7.92. The summed E-state index contributed by atoms with van der Waals surface area (Å²) < 4.78 is 40.6.